The van der Waals surface area contributed by atoms with Crippen molar-refractivity contribution in [1.82, 2.24) is 0 Å². The summed E-state index contributed by atoms with van der Waals surface area (Å²) in [5, 5.41) is 0. The predicted octanol–water partition coefficient (Wildman–Crippen LogP) is 1.78. The molecule has 3 fully saturated rings. The summed E-state index contributed by atoms with van der Waals surface area (Å²) >= 11 is 0. The first-order valence-electron chi connectivity index (χ1n) is 4.11. The monoisotopic (exact) mass is 155 g/mol. The normalized spacial score (nSPS) is 48.1. The lowest BCUT2D eigenvalue weighted by atomic mass is 9.39. The van der Waals surface area contributed by atoms with E-state index < -0.39 is 0 Å². The van der Waals surface area contributed by atoms with Gasteiger partial charge in [-0.1, -0.05) is 6.08 Å². The number of alkyl halides is 1. The fourth-order valence-electron chi connectivity index (χ4n) is 2.66. The summed E-state index contributed by atoms with van der Waals surface area (Å²) < 4.78 is 12.1. The Kier molecular flexibility index (Phi) is 1.23. The van der Waals surface area contributed by atoms with Gasteiger partial charge in [0.1, 0.15) is 6.67 Å². The zero-order valence-corrected chi connectivity index (χ0v) is 6.86. The third-order valence-corrected chi connectivity index (χ3v) is 2.88. The summed E-state index contributed by atoms with van der Waals surface area (Å²) in [6, 6.07) is 0. The number of rotatable bonds is 2. The molecule has 11 heavy (non-hydrogen) atoms. The summed E-state index contributed by atoms with van der Waals surface area (Å²) in [7, 11) is 0. The van der Waals surface area contributed by atoms with E-state index in [-0.39, 0.29) is 12.2 Å². The van der Waals surface area contributed by atoms with Crippen molar-refractivity contribution in [2.24, 2.45) is 11.1 Å². The van der Waals surface area contributed by atoms with E-state index in [4.69, 9.17) is 5.73 Å². The Balaban J connectivity index is 2.00. The van der Waals surface area contributed by atoms with Crippen molar-refractivity contribution < 1.29 is 4.39 Å². The van der Waals surface area contributed by atoms with Gasteiger partial charge >= 0.3 is 0 Å². The maximum absolute atomic E-state index is 12.1. The van der Waals surface area contributed by atoms with E-state index >= 15 is 0 Å². The van der Waals surface area contributed by atoms with Gasteiger partial charge in [-0.05, 0) is 37.2 Å². The van der Waals surface area contributed by atoms with E-state index in [9.17, 15) is 4.39 Å². The van der Waals surface area contributed by atoms with Gasteiger partial charge < -0.3 is 5.73 Å². The second-order valence-corrected chi connectivity index (χ2v) is 4.38. The molecule has 2 N–H and O–H groups in total. The Morgan fingerprint density at radius 2 is 2.09 bits per heavy atom. The fraction of sp³-hybridized carbons (Fsp3) is 0.778. The van der Waals surface area contributed by atoms with Crippen molar-refractivity contribution in [3.05, 3.63) is 11.6 Å². The lowest BCUT2D eigenvalue weighted by molar-refractivity contribution is -0.0899. The Morgan fingerprint density at radius 1 is 1.55 bits per heavy atom. The topological polar surface area (TPSA) is 26.0 Å². The van der Waals surface area contributed by atoms with Crippen molar-refractivity contribution in [2.75, 3.05) is 6.67 Å². The van der Waals surface area contributed by atoms with E-state index in [0.717, 1.165) is 24.8 Å². The quantitative estimate of drug-likeness (QED) is 0.604. The van der Waals surface area contributed by atoms with Gasteiger partial charge in [-0.25, -0.2) is 4.39 Å². The van der Waals surface area contributed by atoms with Crippen molar-refractivity contribution in [3.63, 3.8) is 0 Å². The molecule has 0 spiro atoms. The summed E-state index contributed by atoms with van der Waals surface area (Å²) in [6.45, 7) is 1.54. The molecule has 0 aliphatic heterocycles. The van der Waals surface area contributed by atoms with E-state index in [1.54, 1.807) is 0 Å². The maximum Gasteiger partial charge on any atom is 0.110 e. The lowest BCUT2D eigenvalue weighted by Gasteiger charge is -2.68. The van der Waals surface area contributed by atoms with E-state index in [1.165, 1.54) is 0 Å². The molecule has 0 unspecified atom stereocenters. The highest BCUT2D eigenvalue weighted by Crippen LogP contribution is 2.66. The molecule has 3 saturated carbocycles. The molecule has 1 nitrogen and oxygen atoms in total. The van der Waals surface area contributed by atoms with E-state index in [2.05, 4.69) is 6.08 Å². The van der Waals surface area contributed by atoms with Crippen LogP contribution in [0, 0.1) is 5.41 Å². The molecule has 0 atom stereocenters. The minimum atomic E-state index is -0.306. The van der Waals surface area contributed by atoms with Crippen LogP contribution in [0.4, 0.5) is 4.39 Å². The molecule has 0 heterocycles. The van der Waals surface area contributed by atoms with Crippen LogP contribution in [0.5, 0.6) is 0 Å². The summed E-state index contributed by atoms with van der Waals surface area (Å²) in [5.74, 6) is 0. The zero-order chi connectivity index (χ0) is 8.11. The molecule has 2 bridgehead atoms. The molecule has 0 amide bonds. The SMILES string of the molecule is CC(=CC12CC(N)(C1)C2)CF. The molecule has 3 aliphatic rings. The van der Waals surface area contributed by atoms with Crippen LogP contribution in [0.15, 0.2) is 11.6 Å². The Bertz CT molecular complexity index is 200. The van der Waals surface area contributed by atoms with Crippen molar-refractivity contribution in [1.29, 1.82) is 0 Å². The molecule has 0 saturated heterocycles. The van der Waals surface area contributed by atoms with Crippen LogP contribution in [0.25, 0.3) is 0 Å². The van der Waals surface area contributed by atoms with Gasteiger partial charge in [0.05, 0.1) is 0 Å². The predicted molar refractivity (Wildman–Crippen MR) is 42.9 cm³/mol. The highest BCUT2D eigenvalue weighted by atomic mass is 19.1. The summed E-state index contributed by atoms with van der Waals surface area (Å²) in [4.78, 5) is 0. The number of hydrogen-bond acceptors (Lipinski definition) is 1. The summed E-state index contributed by atoms with van der Waals surface area (Å²) in [6.07, 6.45) is 5.33. The van der Waals surface area contributed by atoms with Crippen LogP contribution in [-0.4, -0.2) is 12.2 Å². The number of halogens is 1. The first-order valence-corrected chi connectivity index (χ1v) is 4.11. The van der Waals surface area contributed by atoms with E-state index in [0.29, 0.717) is 5.41 Å². The Labute approximate surface area is 66.5 Å². The molecular weight excluding hydrogens is 141 g/mol. The maximum atomic E-state index is 12.1. The van der Waals surface area contributed by atoms with Gasteiger partial charge in [-0.2, -0.15) is 0 Å². The van der Waals surface area contributed by atoms with Crippen molar-refractivity contribution in [3.8, 4) is 0 Å². The minimum absolute atomic E-state index is 0.146. The number of nitrogens with two attached hydrogens (primary N) is 1. The van der Waals surface area contributed by atoms with Crippen LogP contribution in [0.2, 0.25) is 0 Å². The van der Waals surface area contributed by atoms with Crippen LogP contribution in [-0.2, 0) is 0 Å². The van der Waals surface area contributed by atoms with Crippen LogP contribution in [0.1, 0.15) is 26.2 Å². The first kappa shape index (κ1) is 7.29. The first-order chi connectivity index (χ1) is 5.08. The average Bonchev–Trinajstić information content (AvgIpc) is 1.82. The largest absolute Gasteiger partial charge is 0.325 e. The van der Waals surface area contributed by atoms with Crippen LogP contribution < -0.4 is 5.73 Å². The third-order valence-electron chi connectivity index (χ3n) is 2.88. The lowest BCUT2D eigenvalue weighted by Crippen LogP contribution is -2.71. The van der Waals surface area contributed by atoms with Crippen molar-refractivity contribution >= 4 is 0 Å². The number of hydrogen-bond donors (Lipinski definition) is 1. The van der Waals surface area contributed by atoms with Crippen LogP contribution in [0.3, 0.4) is 0 Å². The average molecular weight is 155 g/mol. The van der Waals surface area contributed by atoms with Gasteiger partial charge in [0.2, 0.25) is 0 Å². The van der Waals surface area contributed by atoms with Gasteiger partial charge in [-0.3, -0.25) is 0 Å². The molecule has 0 aromatic carbocycles. The van der Waals surface area contributed by atoms with Gasteiger partial charge in [0.25, 0.3) is 0 Å². The summed E-state index contributed by atoms with van der Waals surface area (Å²) in [5.41, 5.74) is 7.20. The third kappa shape index (κ3) is 0.924. The standard InChI is InChI=1S/C9H14FN/c1-7(3-10)2-8-4-9(11,5-8)6-8/h2H,3-6,11H2,1H3. The van der Waals surface area contributed by atoms with Gasteiger partial charge in [-0.15, -0.1) is 0 Å². The Morgan fingerprint density at radius 3 is 2.45 bits per heavy atom. The smallest absolute Gasteiger partial charge is 0.110 e. The molecule has 0 aromatic heterocycles. The molecule has 0 aromatic rings. The molecule has 3 rings (SSSR count). The molecular formula is C9H14FN. The van der Waals surface area contributed by atoms with Crippen molar-refractivity contribution in [2.45, 2.75) is 31.7 Å². The molecule has 3 aliphatic carbocycles. The van der Waals surface area contributed by atoms with E-state index in [1.807, 2.05) is 6.92 Å². The second kappa shape index (κ2) is 1.86. The Hall–Kier alpha value is -0.370. The number of allylic oxidation sites excluding steroid dienone is 2. The highest BCUT2D eigenvalue weighted by Gasteiger charge is 2.64. The molecule has 62 valence electrons. The fourth-order valence-corrected chi connectivity index (χ4v) is 2.66. The second-order valence-electron chi connectivity index (χ2n) is 4.38. The highest BCUT2D eigenvalue weighted by molar-refractivity contribution is 5.30. The molecule has 0 radical (unpaired) electrons. The van der Waals surface area contributed by atoms with Crippen LogP contribution >= 0.6 is 0 Å². The zero-order valence-electron chi connectivity index (χ0n) is 6.86. The van der Waals surface area contributed by atoms with Gasteiger partial charge in [0.15, 0.2) is 0 Å². The van der Waals surface area contributed by atoms with Gasteiger partial charge in [0, 0.05) is 5.54 Å². The minimum Gasteiger partial charge on any atom is -0.325 e. The molecule has 2 heteroatoms.